The molecule has 0 N–H and O–H groups in total. The van der Waals surface area contributed by atoms with E-state index in [1.807, 2.05) is 0 Å². The second-order valence-corrected chi connectivity index (χ2v) is 7.96. The zero-order valence-electron chi connectivity index (χ0n) is 15.4. The van der Waals surface area contributed by atoms with Crippen molar-refractivity contribution in [1.82, 2.24) is 4.90 Å². The fourth-order valence-corrected chi connectivity index (χ4v) is 4.65. The van der Waals surface area contributed by atoms with Gasteiger partial charge in [-0.2, -0.15) is 4.90 Å². The fourth-order valence-electron chi connectivity index (χ4n) is 4.65. The molecule has 22 heavy (non-hydrogen) atoms. The van der Waals surface area contributed by atoms with E-state index in [0.29, 0.717) is 0 Å². The second kappa shape index (κ2) is 10.7. The Kier molecular flexibility index (Phi) is 8.89. The highest BCUT2D eigenvalue weighted by Crippen LogP contribution is 2.35. The molecule has 0 aromatic rings. The van der Waals surface area contributed by atoms with Crippen molar-refractivity contribution in [3.8, 4) is 0 Å². The summed E-state index contributed by atoms with van der Waals surface area (Å²) in [5.74, 6) is 2.11. The number of rotatable bonds is 9. The Morgan fingerprint density at radius 2 is 1.32 bits per heavy atom. The van der Waals surface area contributed by atoms with E-state index in [2.05, 4.69) is 25.2 Å². The van der Waals surface area contributed by atoms with E-state index in [-0.39, 0.29) is 0 Å². The van der Waals surface area contributed by atoms with Crippen molar-refractivity contribution in [1.29, 1.82) is 0 Å². The first-order valence-corrected chi connectivity index (χ1v) is 10.4. The molecule has 0 bridgehead atoms. The molecule has 2 aliphatic rings. The van der Waals surface area contributed by atoms with Crippen LogP contribution in [0.15, 0.2) is 0 Å². The van der Waals surface area contributed by atoms with Crippen molar-refractivity contribution in [2.45, 2.75) is 103 Å². The molecule has 0 aromatic carbocycles. The lowest BCUT2D eigenvalue weighted by atomic mass is 9.76. The van der Waals surface area contributed by atoms with Crippen molar-refractivity contribution >= 4 is 0 Å². The van der Waals surface area contributed by atoms with Crippen LogP contribution in [0.5, 0.6) is 0 Å². The molecule has 1 heteroatoms. The maximum atomic E-state index is 2.85. The third-order valence-electron chi connectivity index (χ3n) is 6.16. The van der Waals surface area contributed by atoms with Gasteiger partial charge >= 0.3 is 0 Å². The average Bonchev–Trinajstić information content (AvgIpc) is 2.57. The highest BCUT2D eigenvalue weighted by Gasteiger charge is 2.32. The lowest BCUT2D eigenvalue weighted by Crippen LogP contribution is -2.44. The van der Waals surface area contributed by atoms with E-state index in [1.165, 1.54) is 90.1 Å². The molecule has 2 fully saturated rings. The van der Waals surface area contributed by atoms with Gasteiger partial charge in [-0.1, -0.05) is 39.5 Å². The molecule has 0 amide bonds. The topological polar surface area (TPSA) is 5.90 Å². The largest absolute Gasteiger partial charge is 0.167 e. The van der Waals surface area contributed by atoms with E-state index in [0.717, 1.165) is 17.9 Å². The van der Waals surface area contributed by atoms with Crippen LogP contribution in [0.2, 0.25) is 0 Å². The van der Waals surface area contributed by atoms with Crippen LogP contribution in [0.1, 0.15) is 97.3 Å². The predicted molar refractivity (Wildman–Crippen MR) is 98.3 cm³/mol. The van der Waals surface area contributed by atoms with Gasteiger partial charge in [0.05, 0.1) is 0 Å². The summed E-state index contributed by atoms with van der Waals surface area (Å²) in [6, 6.07) is 0.911. The maximum Gasteiger partial charge on any atom is 0.132 e. The van der Waals surface area contributed by atoms with Gasteiger partial charge in [0, 0.05) is 25.7 Å². The smallest absolute Gasteiger partial charge is 0.132 e. The predicted octanol–water partition coefficient (Wildman–Crippen LogP) is 6.07. The average molecular weight is 307 g/mol. The van der Waals surface area contributed by atoms with Crippen LogP contribution in [-0.4, -0.2) is 19.1 Å². The Hall–Kier alpha value is -0.0400. The van der Waals surface area contributed by atoms with Crippen LogP contribution in [0.3, 0.4) is 0 Å². The minimum Gasteiger partial charge on any atom is -0.167 e. The van der Waals surface area contributed by atoms with Crippen molar-refractivity contribution in [3.05, 3.63) is 6.42 Å². The van der Waals surface area contributed by atoms with Crippen LogP contribution in [-0.2, 0) is 0 Å². The van der Waals surface area contributed by atoms with E-state index in [4.69, 9.17) is 0 Å². The van der Waals surface area contributed by atoms with Crippen molar-refractivity contribution in [2.24, 2.45) is 11.8 Å². The summed E-state index contributed by atoms with van der Waals surface area (Å²) < 4.78 is 0. The summed E-state index contributed by atoms with van der Waals surface area (Å²) in [4.78, 5) is 2.85. The molecular weight excluding hydrogens is 266 g/mol. The Balaban J connectivity index is 1.70. The molecule has 0 aliphatic heterocycles. The molecule has 0 spiro atoms. The van der Waals surface area contributed by atoms with Crippen LogP contribution in [0.25, 0.3) is 0 Å². The maximum absolute atomic E-state index is 2.85. The van der Waals surface area contributed by atoms with Crippen LogP contribution in [0, 0.1) is 18.3 Å². The Morgan fingerprint density at radius 1 is 0.773 bits per heavy atom. The minimum atomic E-state index is 0.911. The molecule has 0 heterocycles. The Morgan fingerprint density at radius 3 is 1.86 bits per heavy atom. The lowest BCUT2D eigenvalue weighted by molar-refractivity contribution is 0.185. The van der Waals surface area contributed by atoms with Gasteiger partial charge in [-0.3, -0.25) is 0 Å². The minimum absolute atomic E-state index is 0.911. The summed E-state index contributed by atoms with van der Waals surface area (Å²) in [7, 11) is 0. The normalized spacial score (nSPS) is 27.4. The van der Waals surface area contributed by atoms with E-state index >= 15 is 0 Å². The zero-order chi connectivity index (χ0) is 15.6. The first-order chi connectivity index (χ1) is 10.8. The third kappa shape index (κ3) is 6.22. The number of nitrogens with zero attached hydrogens (tertiary/aromatic N) is 1. The van der Waals surface area contributed by atoms with E-state index in [9.17, 15) is 0 Å². The van der Waals surface area contributed by atoms with Gasteiger partial charge in [0.15, 0.2) is 0 Å². The van der Waals surface area contributed by atoms with Crippen molar-refractivity contribution < 1.29 is 0 Å². The molecule has 0 aromatic heterocycles. The van der Waals surface area contributed by atoms with Gasteiger partial charge in [-0.05, 0) is 50.4 Å². The highest BCUT2D eigenvalue weighted by molar-refractivity contribution is 4.85. The van der Waals surface area contributed by atoms with Gasteiger partial charge in [-0.25, -0.2) is 0 Å². The van der Waals surface area contributed by atoms with Crippen LogP contribution in [0.4, 0.5) is 0 Å². The molecule has 128 valence electrons. The van der Waals surface area contributed by atoms with Crippen molar-refractivity contribution in [3.63, 3.8) is 0 Å². The highest BCUT2D eigenvalue weighted by atomic mass is 15.1. The summed E-state index contributed by atoms with van der Waals surface area (Å²) in [6.07, 6.45) is 21.3. The van der Waals surface area contributed by atoms with Gasteiger partial charge in [0.25, 0.3) is 0 Å². The van der Waals surface area contributed by atoms with Gasteiger partial charge in [0.1, 0.15) is 19.1 Å². The van der Waals surface area contributed by atoms with E-state index in [1.54, 1.807) is 6.42 Å². The van der Waals surface area contributed by atoms with Gasteiger partial charge in [-0.15, -0.1) is 0 Å². The Labute approximate surface area is 140 Å². The Bertz CT molecular complexity index is 253. The number of unbranched alkanes of at least 4 members (excludes halogenated alkanes) is 2. The molecule has 2 radical (unpaired) electrons. The lowest BCUT2D eigenvalue weighted by Gasteiger charge is -2.33. The number of hydrogen-bond acceptors (Lipinski definition) is 1. The molecule has 0 atom stereocenters. The fraction of sp³-hybridized carbons (Fsp3) is 0.952. The van der Waals surface area contributed by atoms with E-state index < -0.39 is 0 Å². The molecule has 0 unspecified atom stereocenters. The van der Waals surface area contributed by atoms with Gasteiger partial charge < -0.3 is 0 Å². The molecule has 0 saturated heterocycles. The van der Waals surface area contributed by atoms with Crippen LogP contribution < -0.4 is 4.90 Å². The molecule has 2 rings (SSSR count). The van der Waals surface area contributed by atoms with Gasteiger partial charge in [0.2, 0.25) is 0 Å². The SMILES string of the molecule is CCCC[N+](CCCC)C1CCC(CC2CC[CH]CC2)CC1. The first kappa shape index (κ1) is 18.3. The number of hydrogen-bond donors (Lipinski definition) is 0. The molecule has 2 aliphatic carbocycles. The third-order valence-corrected chi connectivity index (χ3v) is 6.16. The molecule has 2 saturated carbocycles. The quantitative estimate of drug-likeness (QED) is 0.456. The summed E-state index contributed by atoms with van der Waals surface area (Å²) in [6.45, 7) is 7.36. The standard InChI is InChI=1S/C21H40N/c1-3-5-16-22(17-6-4-2)21-14-12-20(13-15-21)18-19-10-8-7-9-11-19/h7,19-21H,3-6,8-18H2,1-2H3/q+1. The summed E-state index contributed by atoms with van der Waals surface area (Å²) in [5, 5.41) is 0. The summed E-state index contributed by atoms with van der Waals surface area (Å²) in [5.41, 5.74) is 0. The summed E-state index contributed by atoms with van der Waals surface area (Å²) >= 11 is 0. The zero-order valence-corrected chi connectivity index (χ0v) is 15.4. The monoisotopic (exact) mass is 306 g/mol. The van der Waals surface area contributed by atoms with Crippen LogP contribution >= 0.6 is 0 Å². The molecular formula is C21H40N+. The first-order valence-electron chi connectivity index (χ1n) is 10.4. The molecule has 1 nitrogen and oxygen atoms in total. The van der Waals surface area contributed by atoms with Crippen molar-refractivity contribution in [2.75, 3.05) is 13.1 Å². The second-order valence-electron chi connectivity index (χ2n) is 7.96.